The van der Waals surface area contributed by atoms with Crippen LogP contribution < -0.4 is 5.46 Å². The van der Waals surface area contributed by atoms with Crippen LogP contribution in [0.15, 0.2) is 18.2 Å². The number of carbonyl (C=O) groups excluding carboxylic acids is 1. The highest BCUT2D eigenvalue weighted by Gasteiger charge is 2.52. The third kappa shape index (κ3) is 4.25. The van der Waals surface area contributed by atoms with E-state index in [0.29, 0.717) is 18.1 Å². The number of esters is 1. The molecule has 0 aliphatic carbocycles. The number of carbonyl (C=O) groups is 1. The van der Waals surface area contributed by atoms with E-state index in [9.17, 15) is 4.79 Å². The van der Waals surface area contributed by atoms with Crippen molar-refractivity contribution in [3.8, 4) is 0 Å². The monoisotopic (exact) mass is 348 g/mol. The van der Waals surface area contributed by atoms with Crippen LogP contribution in [0, 0.1) is 5.92 Å². The van der Waals surface area contributed by atoms with Gasteiger partial charge in [0.2, 0.25) is 0 Å². The van der Waals surface area contributed by atoms with Crippen LogP contribution in [0.3, 0.4) is 0 Å². The molecule has 0 amide bonds. The lowest BCUT2D eigenvalue weighted by Crippen LogP contribution is -2.41. The SMILES string of the molecule is COCC(C)Cc1ccc(C(=O)OC)cc1B1OC(C)(C)C(C)(C)O1. The van der Waals surface area contributed by atoms with E-state index >= 15 is 0 Å². The fraction of sp³-hybridized carbons (Fsp3) is 0.632. The van der Waals surface area contributed by atoms with Gasteiger partial charge < -0.3 is 18.8 Å². The second-order valence-electron chi connectivity index (χ2n) is 7.76. The Morgan fingerprint density at radius 2 is 1.76 bits per heavy atom. The highest BCUT2D eigenvalue weighted by atomic mass is 16.7. The minimum Gasteiger partial charge on any atom is -0.465 e. The summed E-state index contributed by atoms with van der Waals surface area (Å²) >= 11 is 0. The lowest BCUT2D eigenvalue weighted by atomic mass is 9.73. The largest absolute Gasteiger partial charge is 0.495 e. The van der Waals surface area contributed by atoms with Crippen LogP contribution in [0.25, 0.3) is 0 Å². The van der Waals surface area contributed by atoms with Crippen molar-refractivity contribution in [2.24, 2.45) is 5.92 Å². The maximum Gasteiger partial charge on any atom is 0.495 e. The van der Waals surface area contributed by atoms with Gasteiger partial charge in [0.15, 0.2) is 0 Å². The Hall–Kier alpha value is -1.37. The van der Waals surface area contributed by atoms with E-state index in [1.807, 2.05) is 39.8 Å². The van der Waals surface area contributed by atoms with Crippen molar-refractivity contribution < 1.29 is 23.6 Å². The van der Waals surface area contributed by atoms with Gasteiger partial charge in [0.25, 0.3) is 0 Å². The summed E-state index contributed by atoms with van der Waals surface area (Å²) in [6.07, 6.45) is 0.814. The molecule has 1 aromatic rings. The van der Waals surface area contributed by atoms with Gasteiger partial charge in [-0.25, -0.2) is 4.79 Å². The maximum absolute atomic E-state index is 11.9. The third-order valence-corrected chi connectivity index (χ3v) is 5.09. The van der Waals surface area contributed by atoms with Crippen LogP contribution >= 0.6 is 0 Å². The molecule has 25 heavy (non-hydrogen) atoms. The Morgan fingerprint density at radius 1 is 1.16 bits per heavy atom. The summed E-state index contributed by atoms with van der Waals surface area (Å²) in [5.41, 5.74) is 1.60. The number of ether oxygens (including phenoxy) is 2. The molecule has 1 aromatic carbocycles. The Labute approximate surface area is 151 Å². The molecule has 1 saturated heterocycles. The molecule has 6 heteroatoms. The maximum atomic E-state index is 11.9. The molecule has 138 valence electrons. The molecule has 5 nitrogen and oxygen atoms in total. The van der Waals surface area contributed by atoms with Gasteiger partial charge in [0, 0.05) is 13.7 Å². The molecule has 1 heterocycles. The first-order chi connectivity index (χ1) is 11.6. The molecule has 0 radical (unpaired) electrons. The topological polar surface area (TPSA) is 54.0 Å². The number of benzene rings is 1. The second-order valence-corrected chi connectivity index (χ2v) is 7.76. The highest BCUT2D eigenvalue weighted by molar-refractivity contribution is 6.62. The van der Waals surface area contributed by atoms with Gasteiger partial charge in [-0.05, 0) is 63.2 Å². The number of hydrogen-bond acceptors (Lipinski definition) is 5. The van der Waals surface area contributed by atoms with Crippen molar-refractivity contribution in [3.63, 3.8) is 0 Å². The molecule has 1 aliphatic heterocycles. The zero-order valence-electron chi connectivity index (χ0n) is 16.3. The van der Waals surface area contributed by atoms with Gasteiger partial charge in [0.1, 0.15) is 0 Å². The van der Waals surface area contributed by atoms with Crippen LogP contribution in [0.2, 0.25) is 0 Å². The van der Waals surface area contributed by atoms with Crippen LogP contribution in [-0.4, -0.2) is 45.1 Å². The minimum absolute atomic E-state index is 0.343. The van der Waals surface area contributed by atoms with Crippen LogP contribution in [0.5, 0.6) is 0 Å². The molecule has 0 bridgehead atoms. The van der Waals surface area contributed by atoms with Crippen molar-refractivity contribution in [1.82, 2.24) is 0 Å². The number of hydrogen-bond donors (Lipinski definition) is 0. The first-order valence-electron chi connectivity index (χ1n) is 8.67. The molecule has 1 aliphatic rings. The Bertz CT molecular complexity index is 610. The van der Waals surface area contributed by atoms with Crippen LogP contribution in [-0.2, 0) is 25.2 Å². The summed E-state index contributed by atoms with van der Waals surface area (Å²) < 4.78 is 22.5. The van der Waals surface area contributed by atoms with E-state index in [4.69, 9.17) is 18.8 Å². The van der Waals surface area contributed by atoms with E-state index in [0.717, 1.165) is 17.4 Å². The average Bonchev–Trinajstić information content (AvgIpc) is 2.75. The molecule has 0 saturated carbocycles. The molecule has 1 atom stereocenters. The Balaban J connectivity index is 2.40. The first kappa shape index (κ1) is 20.0. The van der Waals surface area contributed by atoms with Crippen molar-refractivity contribution >= 4 is 18.6 Å². The molecule has 0 N–H and O–H groups in total. The van der Waals surface area contributed by atoms with Crippen molar-refractivity contribution in [2.75, 3.05) is 20.8 Å². The minimum atomic E-state index is -0.514. The summed E-state index contributed by atoms with van der Waals surface area (Å²) in [5.74, 6) is -0.0237. The summed E-state index contributed by atoms with van der Waals surface area (Å²) in [7, 11) is 2.57. The molecule has 1 unspecified atom stereocenters. The Kier molecular flexibility index (Phi) is 5.97. The molecular weight excluding hydrogens is 319 g/mol. The van der Waals surface area contributed by atoms with Crippen molar-refractivity contribution in [2.45, 2.75) is 52.2 Å². The summed E-state index contributed by atoms with van der Waals surface area (Å²) in [6, 6.07) is 5.57. The first-order valence-corrected chi connectivity index (χ1v) is 8.67. The van der Waals surface area contributed by atoms with E-state index in [1.165, 1.54) is 7.11 Å². The Morgan fingerprint density at radius 3 is 2.28 bits per heavy atom. The van der Waals surface area contributed by atoms with E-state index < -0.39 is 18.3 Å². The van der Waals surface area contributed by atoms with Crippen LogP contribution in [0.4, 0.5) is 0 Å². The second kappa shape index (κ2) is 7.48. The van der Waals surface area contributed by atoms with Gasteiger partial charge in [-0.3, -0.25) is 0 Å². The fourth-order valence-electron chi connectivity index (χ4n) is 2.93. The quantitative estimate of drug-likeness (QED) is 0.584. The predicted octanol–water partition coefficient (Wildman–Crippen LogP) is 2.60. The zero-order valence-corrected chi connectivity index (χ0v) is 16.3. The molecule has 2 rings (SSSR count). The molecular formula is C19H29BO5. The zero-order chi connectivity index (χ0) is 18.8. The number of rotatable bonds is 6. The normalized spacial score (nSPS) is 19.7. The van der Waals surface area contributed by atoms with Gasteiger partial charge in [-0.2, -0.15) is 0 Å². The lowest BCUT2D eigenvalue weighted by molar-refractivity contribution is 0.00578. The highest BCUT2D eigenvalue weighted by Crippen LogP contribution is 2.36. The standard InChI is InChI=1S/C19H29BO5/c1-13(12-22-6)10-14-8-9-15(17(21)23-7)11-16(14)20-24-18(2,3)19(4,5)25-20/h8-9,11,13H,10,12H2,1-7H3. The summed E-state index contributed by atoms with van der Waals surface area (Å²) in [5, 5.41) is 0. The molecule has 0 aromatic heterocycles. The molecule has 0 spiro atoms. The number of methoxy groups -OCH3 is 2. The van der Waals surface area contributed by atoms with E-state index in [2.05, 4.69) is 6.92 Å². The summed E-state index contributed by atoms with van der Waals surface area (Å²) in [4.78, 5) is 11.9. The van der Waals surface area contributed by atoms with Crippen molar-refractivity contribution in [1.29, 1.82) is 0 Å². The molecule has 1 fully saturated rings. The lowest BCUT2D eigenvalue weighted by Gasteiger charge is -2.32. The van der Waals surface area contributed by atoms with Crippen LogP contribution in [0.1, 0.15) is 50.5 Å². The van der Waals surface area contributed by atoms with Gasteiger partial charge >= 0.3 is 13.1 Å². The van der Waals surface area contributed by atoms with E-state index in [1.54, 1.807) is 13.2 Å². The smallest absolute Gasteiger partial charge is 0.465 e. The third-order valence-electron chi connectivity index (χ3n) is 5.09. The van der Waals surface area contributed by atoms with E-state index in [-0.39, 0.29) is 5.97 Å². The van der Waals surface area contributed by atoms with Gasteiger partial charge in [0.05, 0.1) is 23.9 Å². The predicted molar refractivity (Wildman–Crippen MR) is 98.2 cm³/mol. The van der Waals surface area contributed by atoms with Gasteiger partial charge in [-0.15, -0.1) is 0 Å². The fourth-order valence-corrected chi connectivity index (χ4v) is 2.93. The van der Waals surface area contributed by atoms with Gasteiger partial charge in [-0.1, -0.05) is 13.0 Å². The van der Waals surface area contributed by atoms with Crippen molar-refractivity contribution in [3.05, 3.63) is 29.3 Å². The summed E-state index contributed by atoms with van der Waals surface area (Å²) in [6.45, 7) is 10.9. The average molecular weight is 348 g/mol.